The van der Waals surface area contributed by atoms with E-state index in [2.05, 4.69) is 54.6 Å². The maximum Gasteiger partial charge on any atom is 0.354 e. The fourth-order valence-electron chi connectivity index (χ4n) is 17.6. The maximum atomic E-state index is 17.1. The lowest BCUT2D eigenvalue weighted by atomic mass is 9.99. The van der Waals surface area contributed by atoms with Crippen molar-refractivity contribution >= 4 is 91.1 Å². The van der Waals surface area contributed by atoms with E-state index in [0.29, 0.717) is 94.7 Å². The van der Waals surface area contributed by atoms with E-state index in [-0.39, 0.29) is 165 Å². The zero-order valence-electron chi connectivity index (χ0n) is 70.4. The molecule has 5 aromatic carbocycles. The first-order chi connectivity index (χ1) is 60.8. The van der Waals surface area contributed by atoms with Crippen molar-refractivity contribution in [3.63, 3.8) is 0 Å². The third kappa shape index (κ3) is 14.9. The summed E-state index contributed by atoms with van der Waals surface area (Å²) in [6, 6.07) is 16.7. The highest BCUT2D eigenvalue weighted by atomic mass is 35.5. The van der Waals surface area contributed by atoms with Crippen molar-refractivity contribution < 1.29 is 65.9 Å². The molecule has 0 aliphatic carbocycles. The van der Waals surface area contributed by atoms with E-state index < -0.39 is 92.0 Å². The first kappa shape index (κ1) is 86.7. The fourth-order valence-corrected chi connectivity index (χ4v) is 18.3. The van der Waals surface area contributed by atoms with Gasteiger partial charge in [0, 0.05) is 88.6 Å². The van der Waals surface area contributed by atoms with Crippen molar-refractivity contribution in [2.24, 2.45) is 0 Å². The highest BCUT2D eigenvalue weighted by Crippen LogP contribution is 2.54. The van der Waals surface area contributed by atoms with Crippen LogP contribution in [0.25, 0.3) is 83.3 Å². The van der Waals surface area contributed by atoms with Crippen LogP contribution in [0.2, 0.25) is 10.0 Å². The van der Waals surface area contributed by atoms with Gasteiger partial charge in [0.25, 0.3) is 0 Å². The van der Waals surface area contributed by atoms with Crippen molar-refractivity contribution in [3.05, 3.63) is 240 Å². The van der Waals surface area contributed by atoms with Gasteiger partial charge in [0.05, 0.1) is 107 Å². The Morgan fingerprint density at radius 1 is 0.449 bits per heavy atom. The van der Waals surface area contributed by atoms with Crippen molar-refractivity contribution in [2.45, 2.75) is 98.2 Å². The quantitative estimate of drug-likeness (QED) is 0.0756. The molecule has 18 rings (SSSR count). The van der Waals surface area contributed by atoms with Gasteiger partial charge in [-0.05, 0) is 134 Å². The smallest absolute Gasteiger partial charge is 0.354 e. The standard InChI is InChI=1S/2C31H28ClF2N5O4.C30H29FN6O4/c1-5-20(41)37-11-12-38-17(13-37)14-43-29-23-28(25(34)22(24(29)32)21-18(33)7-6-8-19(21)40)39(31(42)36-30(23)38)27-16(4)9-10-35-26(27)15(2)3;1-5-20(41)37-11-12-38-17(13-37)14-43-29-23-28(24(32)22(25(29)34)21-18(33)7-6-8-19(21)40)39(31(42)36-30(23)38)27-16(4)9-10-35-26(27)15(2)3;1-5-23(39)35-11-12-36-18(14-35)15-41-29-25-21(13-20(33-29)24-19(31)7-6-8-22(24)38)37(30(40)34-28(25)36)27-17(4)9-10-32-26(27)16(2)3/h2*5-10,15,17,40H,1,11-14H2,2-4H3;5-10,13,16,18,38H,1,11-12,14-15H2,2-4H3. The number of hydrogen-bond acceptors (Lipinski definition) is 22. The van der Waals surface area contributed by atoms with Crippen molar-refractivity contribution in [1.82, 2.24) is 63.3 Å². The minimum absolute atomic E-state index is 0.00220. The fraction of sp³-hybridized carbons (Fsp3) is 0.293. The third-order valence-corrected chi connectivity index (χ3v) is 24.3. The van der Waals surface area contributed by atoms with Crippen molar-refractivity contribution in [3.8, 4) is 85.2 Å². The SMILES string of the molecule is C=CC(=O)N1CCN2c3nc(=O)n(-c4c(C)ccnc4C(C)C)c4c(Cl)c(-c5c(O)cccc5F)c(F)c(c34)OCC2C1.C=CC(=O)N1CCN2c3nc(=O)n(-c4c(C)ccnc4C(C)C)c4c(F)c(-c5c(O)cccc5F)c(Cl)c(c34)OCC2C1.C=CC(=O)N1CCN2c3nc(=O)n(-c4c(C)ccnc4C(C)C)c4cc(-c5c(O)cccc5F)nc(c34)OCC2C1. The second-order valence-corrected chi connectivity index (χ2v) is 33.1. The highest BCUT2D eigenvalue weighted by Gasteiger charge is 2.44. The van der Waals surface area contributed by atoms with Gasteiger partial charge in [-0.2, -0.15) is 15.0 Å². The minimum atomic E-state index is -1.04. The van der Waals surface area contributed by atoms with E-state index in [1.165, 1.54) is 69.8 Å². The Kier molecular flexibility index (Phi) is 23.4. The number of aromatic hydroxyl groups is 3. The largest absolute Gasteiger partial charge is 0.507 e. The lowest BCUT2D eigenvalue weighted by molar-refractivity contribution is -0.127. The summed E-state index contributed by atoms with van der Waals surface area (Å²) in [7, 11) is 0. The van der Waals surface area contributed by atoms with Crippen molar-refractivity contribution in [1.29, 1.82) is 0 Å². The molecule has 0 spiro atoms. The molecule has 13 heterocycles. The van der Waals surface area contributed by atoms with Crippen LogP contribution >= 0.6 is 23.2 Å². The number of amides is 3. The van der Waals surface area contributed by atoms with E-state index in [1.54, 1.807) is 65.3 Å². The van der Waals surface area contributed by atoms with Gasteiger partial charge < -0.3 is 58.9 Å². The van der Waals surface area contributed by atoms with Gasteiger partial charge in [-0.25, -0.2) is 41.3 Å². The number of anilines is 3. The second kappa shape index (κ2) is 34.3. The monoisotopic (exact) mass is 1770 g/mol. The number of phenols is 3. The van der Waals surface area contributed by atoms with E-state index in [4.69, 9.17) is 37.4 Å². The molecule has 3 unspecified atom stereocenters. The summed E-state index contributed by atoms with van der Waals surface area (Å²) >= 11 is 13.8. The number of hydrogen-bond donors (Lipinski definition) is 3. The van der Waals surface area contributed by atoms with Crippen molar-refractivity contribution in [2.75, 3.05) is 93.4 Å². The number of nitrogens with zero attached hydrogens (tertiary/aromatic N) is 16. The van der Waals surface area contributed by atoms with Crippen LogP contribution in [0.5, 0.6) is 34.6 Å². The number of ether oxygens (including phenoxy) is 3. The predicted octanol–water partition coefficient (Wildman–Crippen LogP) is 13.9. The van der Waals surface area contributed by atoms with Gasteiger partial charge in [0.15, 0.2) is 23.1 Å². The molecule has 3 amide bonds. The number of benzene rings is 5. The average molecular weight is 1770 g/mol. The second-order valence-electron chi connectivity index (χ2n) is 32.4. The molecular formula is C92H85Cl2F5N16O12. The van der Waals surface area contributed by atoms with Gasteiger partial charge in [-0.15, -0.1) is 0 Å². The van der Waals surface area contributed by atoms with Gasteiger partial charge in [0.1, 0.15) is 82.9 Å². The van der Waals surface area contributed by atoms with Crippen LogP contribution in [-0.2, 0) is 14.4 Å². The van der Waals surface area contributed by atoms with Crippen LogP contribution in [0.4, 0.5) is 39.4 Å². The van der Waals surface area contributed by atoms with Gasteiger partial charge in [-0.3, -0.25) is 43.0 Å². The Hall–Kier alpha value is -13.8. The van der Waals surface area contributed by atoms with E-state index in [9.17, 15) is 44.1 Å². The molecule has 6 aliphatic heterocycles. The van der Waals surface area contributed by atoms with E-state index >= 15 is 22.0 Å². The van der Waals surface area contributed by atoms with Crippen LogP contribution in [-0.4, -0.2) is 193 Å². The molecule has 6 aliphatic rings. The number of phenolic OH excluding ortho intramolecular Hbond substituents is 3. The molecule has 3 N–H and O–H groups in total. The summed E-state index contributed by atoms with van der Waals surface area (Å²) in [6.45, 7) is 30.6. The number of aryl methyl sites for hydroxylation is 3. The maximum absolute atomic E-state index is 17.1. The lowest BCUT2D eigenvalue weighted by Crippen LogP contribution is -2.56. The van der Waals surface area contributed by atoms with Crippen LogP contribution in [0, 0.1) is 49.9 Å². The molecule has 127 heavy (non-hydrogen) atoms. The predicted molar refractivity (Wildman–Crippen MR) is 471 cm³/mol. The molecule has 654 valence electrons. The molecule has 0 radical (unpaired) electrons. The molecule has 3 fully saturated rings. The molecule has 35 heteroatoms. The molecular weight excluding hydrogens is 1690 g/mol. The minimum Gasteiger partial charge on any atom is -0.507 e. The van der Waals surface area contributed by atoms with Crippen LogP contribution in [0.1, 0.15) is 93.1 Å². The summed E-state index contributed by atoms with van der Waals surface area (Å²) in [4.78, 5) is 122. The summed E-state index contributed by atoms with van der Waals surface area (Å²) in [5.41, 5.74) is 1.50. The first-order valence-electron chi connectivity index (χ1n) is 41.0. The van der Waals surface area contributed by atoms with Gasteiger partial charge >= 0.3 is 17.1 Å². The lowest BCUT2D eigenvalue weighted by Gasteiger charge is -2.40. The Balaban J connectivity index is 0.000000140. The Bertz CT molecular complexity index is 6520. The average Bonchev–Trinajstić information content (AvgIpc) is 1.70. The summed E-state index contributed by atoms with van der Waals surface area (Å²) in [5.74, 6) is -6.46. The molecule has 0 saturated carbocycles. The molecule has 0 bridgehead atoms. The Morgan fingerprint density at radius 2 is 0.811 bits per heavy atom. The van der Waals surface area contributed by atoms with E-state index in [0.717, 1.165) is 22.3 Å². The number of aromatic nitrogens is 10. The summed E-state index contributed by atoms with van der Waals surface area (Å²) < 4.78 is 102. The first-order valence-corrected chi connectivity index (χ1v) is 41.7. The van der Waals surface area contributed by atoms with Crippen LogP contribution in [0.15, 0.2) is 150 Å². The topological polar surface area (TPSA) is 315 Å². The number of halogens is 7. The normalized spacial score (nSPS) is 16.3. The third-order valence-electron chi connectivity index (χ3n) is 23.6. The zero-order chi connectivity index (χ0) is 90.5. The Morgan fingerprint density at radius 3 is 1.22 bits per heavy atom. The van der Waals surface area contributed by atoms with E-state index in [1.807, 2.05) is 69.2 Å². The zero-order valence-corrected chi connectivity index (χ0v) is 71.9. The molecule has 3 saturated heterocycles. The van der Waals surface area contributed by atoms with Gasteiger partial charge in [0.2, 0.25) is 23.6 Å². The number of piperazine rings is 3. The van der Waals surface area contributed by atoms with Crippen LogP contribution < -0.4 is 46.0 Å². The number of rotatable bonds is 12. The number of pyridine rings is 4. The van der Waals surface area contributed by atoms with Crippen LogP contribution in [0.3, 0.4) is 0 Å². The molecule has 7 aromatic heterocycles. The number of fused-ring (bicyclic) bond motifs is 6. The summed E-state index contributed by atoms with van der Waals surface area (Å²) in [5, 5.41) is 32.1. The molecule has 12 aromatic rings. The molecule has 3 atom stereocenters. The number of carbonyl (C=O) groups excluding carboxylic acids is 3. The molecule has 28 nitrogen and oxygen atoms in total. The van der Waals surface area contributed by atoms with Gasteiger partial charge in [-0.1, -0.05) is 103 Å². The highest BCUT2D eigenvalue weighted by molar-refractivity contribution is 6.39. The Labute approximate surface area is 732 Å². The number of carbonyl (C=O) groups is 3. The summed E-state index contributed by atoms with van der Waals surface area (Å²) in [6.07, 6.45) is 8.65.